The van der Waals surface area contributed by atoms with Crippen LogP contribution in [0.4, 0.5) is 18.0 Å². The Morgan fingerprint density at radius 3 is 2.60 bits per heavy atom. The SMILES string of the molecule is COc1ccc2nc(C(F)(F)F)c3c(c2c1)CCC1(CC2C(=O)NC4(C(=O)N5CCS5(=O)=O)CC4C=CCCCCCC(NC(=O)OCC4(C)CC4)C(=O)N2C1)O3. The second-order valence-corrected chi connectivity index (χ2v) is 18.7. The molecule has 2 aromatic rings. The summed E-state index contributed by atoms with van der Waals surface area (Å²) in [6.07, 6.45) is 2.60. The van der Waals surface area contributed by atoms with Gasteiger partial charge in [-0.15, -0.1) is 0 Å². The number of amides is 4. The minimum Gasteiger partial charge on any atom is -0.497 e. The number of pyridine rings is 1. The van der Waals surface area contributed by atoms with Crippen LogP contribution in [0.2, 0.25) is 0 Å². The van der Waals surface area contributed by atoms with Gasteiger partial charge in [-0.2, -0.15) is 13.2 Å². The fraction of sp³-hybridized carbons (Fsp3) is 0.615. The number of carbonyl (C=O) groups is 4. The number of allylic oxidation sites excluding steroid dienone is 1. The lowest BCUT2D eigenvalue weighted by Crippen LogP contribution is -2.62. The summed E-state index contributed by atoms with van der Waals surface area (Å²) in [5.74, 6) is -3.03. The van der Waals surface area contributed by atoms with Crippen molar-refractivity contribution in [1.29, 1.82) is 0 Å². The maximum Gasteiger partial charge on any atom is 0.437 e. The Kier molecular flexibility index (Phi) is 9.67. The van der Waals surface area contributed by atoms with Gasteiger partial charge in [0.2, 0.25) is 21.8 Å². The van der Waals surface area contributed by atoms with E-state index in [1.54, 1.807) is 12.1 Å². The van der Waals surface area contributed by atoms with E-state index in [4.69, 9.17) is 14.2 Å². The zero-order valence-electron chi connectivity index (χ0n) is 31.8. The maximum absolute atomic E-state index is 14.7. The molecule has 0 bridgehead atoms. The number of aromatic nitrogens is 1. The fourth-order valence-electron chi connectivity index (χ4n) is 8.59. The number of hydrogen-bond donors (Lipinski definition) is 2. The molecule has 5 unspecified atom stereocenters. The van der Waals surface area contributed by atoms with Crippen molar-refractivity contribution in [3.8, 4) is 11.5 Å². The van der Waals surface area contributed by atoms with Gasteiger partial charge in [0.1, 0.15) is 29.0 Å². The fourth-order valence-corrected chi connectivity index (χ4v) is 9.67. The number of rotatable bonds is 5. The van der Waals surface area contributed by atoms with Crippen LogP contribution in [0.25, 0.3) is 10.9 Å². The van der Waals surface area contributed by atoms with Gasteiger partial charge >= 0.3 is 12.3 Å². The first-order valence-electron chi connectivity index (χ1n) is 19.5. The van der Waals surface area contributed by atoms with Crippen molar-refractivity contribution >= 4 is 44.7 Å². The lowest BCUT2D eigenvalue weighted by atomic mass is 9.87. The van der Waals surface area contributed by atoms with E-state index in [0.29, 0.717) is 30.4 Å². The molecule has 4 amide bonds. The Balaban J connectivity index is 1.16. The number of ether oxygens (including phenoxy) is 3. The maximum atomic E-state index is 14.7. The molecule has 1 spiro atoms. The number of nitrogens with one attached hydrogen (secondary N) is 2. The van der Waals surface area contributed by atoms with Crippen LogP contribution < -0.4 is 20.1 Å². The van der Waals surface area contributed by atoms with Crippen LogP contribution in [0.1, 0.15) is 82.4 Å². The normalized spacial score (nSPS) is 30.4. The van der Waals surface area contributed by atoms with E-state index in [1.807, 2.05) is 13.0 Å². The summed E-state index contributed by atoms with van der Waals surface area (Å²) in [4.78, 5) is 61.5. The monoisotopic (exact) mass is 817 g/mol. The third kappa shape index (κ3) is 7.37. The summed E-state index contributed by atoms with van der Waals surface area (Å²) in [6.45, 7) is 1.81. The summed E-state index contributed by atoms with van der Waals surface area (Å²) in [5, 5.41) is 5.92. The van der Waals surface area contributed by atoms with E-state index in [-0.39, 0.29) is 74.0 Å². The number of methoxy groups -OCH3 is 1. The number of aryl methyl sites for hydroxylation is 1. The summed E-state index contributed by atoms with van der Waals surface area (Å²) < 4.78 is 87.3. The molecule has 14 nitrogen and oxygen atoms in total. The van der Waals surface area contributed by atoms with Gasteiger partial charge in [0.25, 0.3) is 5.91 Å². The van der Waals surface area contributed by atoms with Crippen LogP contribution in [0.5, 0.6) is 11.5 Å². The molecule has 1 aromatic heterocycles. The number of benzene rings is 1. The van der Waals surface area contributed by atoms with Gasteiger partial charge in [-0.3, -0.25) is 14.4 Å². The van der Waals surface area contributed by atoms with E-state index < -0.39 is 80.6 Å². The number of nitrogens with zero attached hydrogens (tertiary/aromatic N) is 3. The quantitative estimate of drug-likeness (QED) is 0.413. The first-order valence-corrected chi connectivity index (χ1v) is 21.1. The Labute approximate surface area is 327 Å². The van der Waals surface area contributed by atoms with Gasteiger partial charge in [-0.25, -0.2) is 22.5 Å². The molecule has 5 heterocycles. The van der Waals surface area contributed by atoms with E-state index >= 15 is 0 Å². The van der Waals surface area contributed by atoms with Crippen LogP contribution >= 0.6 is 0 Å². The van der Waals surface area contributed by atoms with Gasteiger partial charge in [-0.1, -0.05) is 31.9 Å². The molecule has 8 rings (SSSR count). The second-order valence-electron chi connectivity index (χ2n) is 16.7. The number of carbonyl (C=O) groups excluding carboxylic acids is 4. The lowest BCUT2D eigenvalue weighted by molar-refractivity contribution is -0.144. The van der Waals surface area contributed by atoms with Crippen molar-refractivity contribution in [2.45, 2.75) is 107 Å². The van der Waals surface area contributed by atoms with Crippen molar-refractivity contribution in [3.63, 3.8) is 0 Å². The Morgan fingerprint density at radius 2 is 1.91 bits per heavy atom. The summed E-state index contributed by atoms with van der Waals surface area (Å²) in [6, 6.07) is 2.04. The van der Waals surface area contributed by atoms with Gasteiger partial charge in [0, 0.05) is 28.7 Å². The average molecular weight is 818 g/mol. The van der Waals surface area contributed by atoms with Gasteiger partial charge < -0.3 is 29.7 Å². The molecule has 0 radical (unpaired) electrons. The molecule has 308 valence electrons. The zero-order chi connectivity index (χ0) is 40.5. The highest BCUT2D eigenvalue weighted by molar-refractivity contribution is 7.90. The minimum atomic E-state index is -4.92. The molecule has 1 aromatic carbocycles. The number of hydrogen-bond acceptors (Lipinski definition) is 10. The van der Waals surface area contributed by atoms with Gasteiger partial charge in [-0.05, 0) is 69.6 Å². The van der Waals surface area contributed by atoms with Crippen LogP contribution in [0.3, 0.4) is 0 Å². The molecule has 2 aliphatic carbocycles. The largest absolute Gasteiger partial charge is 0.497 e. The summed E-state index contributed by atoms with van der Waals surface area (Å²) >= 11 is 0. The number of halogens is 3. The average Bonchev–Trinajstić information content (AvgIpc) is 4.05. The van der Waals surface area contributed by atoms with Crippen molar-refractivity contribution < 1.29 is 55.0 Å². The van der Waals surface area contributed by atoms with E-state index in [1.165, 1.54) is 24.1 Å². The molecule has 57 heavy (non-hydrogen) atoms. The topological polar surface area (TPSA) is 174 Å². The number of sulfonamides is 1. The van der Waals surface area contributed by atoms with Gasteiger partial charge in [0.15, 0.2) is 11.4 Å². The zero-order valence-corrected chi connectivity index (χ0v) is 32.6. The van der Waals surface area contributed by atoms with E-state index in [9.17, 15) is 40.8 Å². The Bertz CT molecular complexity index is 2160. The predicted molar refractivity (Wildman–Crippen MR) is 197 cm³/mol. The highest BCUT2D eigenvalue weighted by Gasteiger charge is 2.65. The molecule has 4 aliphatic heterocycles. The minimum absolute atomic E-state index is 0.0294. The number of fused-ring (bicyclic) bond motifs is 5. The summed E-state index contributed by atoms with van der Waals surface area (Å²) in [5.41, 5.74) is -4.11. The smallest absolute Gasteiger partial charge is 0.437 e. The van der Waals surface area contributed by atoms with E-state index in [2.05, 4.69) is 15.6 Å². The third-order valence-electron chi connectivity index (χ3n) is 12.5. The molecular weight excluding hydrogens is 772 g/mol. The molecule has 4 fully saturated rings. The molecule has 2 saturated carbocycles. The molecule has 6 aliphatic rings. The predicted octanol–water partition coefficient (Wildman–Crippen LogP) is 4.39. The first-order chi connectivity index (χ1) is 27.0. The van der Waals surface area contributed by atoms with Crippen LogP contribution in [0.15, 0.2) is 30.4 Å². The van der Waals surface area contributed by atoms with Crippen LogP contribution in [0, 0.1) is 11.3 Å². The third-order valence-corrected chi connectivity index (χ3v) is 14.2. The highest BCUT2D eigenvalue weighted by atomic mass is 32.2. The van der Waals surface area contributed by atoms with Crippen molar-refractivity contribution in [2.24, 2.45) is 11.3 Å². The van der Waals surface area contributed by atoms with Crippen molar-refractivity contribution in [2.75, 3.05) is 32.6 Å². The molecule has 2 N–H and O–H groups in total. The molecular formula is C39H46F3N5O9S. The number of alkyl carbamates (subject to hydrolysis) is 1. The van der Waals surface area contributed by atoms with Gasteiger partial charge in [0.05, 0.1) is 38.1 Å². The van der Waals surface area contributed by atoms with Crippen molar-refractivity contribution in [3.05, 3.63) is 41.6 Å². The van der Waals surface area contributed by atoms with Crippen LogP contribution in [-0.4, -0.2) is 102 Å². The number of alkyl halides is 3. The van der Waals surface area contributed by atoms with Crippen molar-refractivity contribution in [1.82, 2.24) is 24.8 Å². The summed E-state index contributed by atoms with van der Waals surface area (Å²) in [7, 11) is -2.40. The standard InChI is InChI=1S/C39H46F3N5O9S/c1-36(14-15-36)22-55-35(51)44-28-9-7-5-3-4-6-8-23-19-38(23,34(50)47-16-17-57(47,52)53)45-32(48)29-20-37(21-46(29)33(28)49)13-12-25-26-18-24(54-2)10-11-27(26)43-31(30(25)56-37)39(40,41)42/h6,8,10-11,18,23,28-29H,3-5,7,9,12-17,19-22H2,1-2H3,(H,44,51)(H,45,48). The van der Waals surface area contributed by atoms with E-state index in [0.717, 1.165) is 23.6 Å². The molecule has 18 heteroatoms. The second kappa shape index (κ2) is 14.0. The molecule has 5 atom stereocenters. The Morgan fingerprint density at radius 1 is 1.12 bits per heavy atom. The first kappa shape index (κ1) is 39.2. The lowest BCUT2D eigenvalue weighted by Gasteiger charge is -2.37. The van der Waals surface area contributed by atoms with Crippen LogP contribution in [-0.2, 0) is 41.7 Å². The highest BCUT2D eigenvalue weighted by Crippen LogP contribution is 2.51. The Hall–Kier alpha value is -4.61. The molecule has 2 saturated heterocycles.